The van der Waals surface area contributed by atoms with Crippen molar-refractivity contribution in [3.8, 4) is 11.5 Å². The molecule has 0 aromatic heterocycles. The lowest BCUT2D eigenvalue weighted by Crippen LogP contribution is -2.33. The van der Waals surface area contributed by atoms with Gasteiger partial charge in [-0.1, -0.05) is 43.5 Å². The summed E-state index contributed by atoms with van der Waals surface area (Å²) < 4.78 is 10.7. The molecule has 1 aliphatic rings. The minimum absolute atomic E-state index is 0.205. The van der Waals surface area contributed by atoms with Crippen molar-refractivity contribution in [2.24, 2.45) is 0 Å². The molecule has 1 amide bonds. The Hall–Kier alpha value is -2.53. The number of para-hydroxylation sites is 2. The number of methoxy groups -OCH3 is 2. The van der Waals surface area contributed by atoms with Crippen molar-refractivity contribution < 1.29 is 14.3 Å². The molecule has 28 heavy (non-hydrogen) atoms. The number of carbonyl (C=O) groups is 1. The topological polar surface area (TPSA) is 50.8 Å². The number of hydrogen-bond acceptors (Lipinski definition) is 4. The highest BCUT2D eigenvalue weighted by Crippen LogP contribution is 2.31. The number of nitrogens with zero attached hydrogens (tertiary/aromatic N) is 1. The summed E-state index contributed by atoms with van der Waals surface area (Å²) in [6, 6.07) is 13.9. The van der Waals surface area contributed by atoms with E-state index < -0.39 is 0 Å². The van der Waals surface area contributed by atoms with Crippen molar-refractivity contribution in [2.45, 2.75) is 44.7 Å². The summed E-state index contributed by atoms with van der Waals surface area (Å²) in [6.07, 6.45) is 6.48. The predicted molar refractivity (Wildman–Crippen MR) is 112 cm³/mol. The Balaban J connectivity index is 1.77. The van der Waals surface area contributed by atoms with Gasteiger partial charge in [0, 0.05) is 18.3 Å². The van der Waals surface area contributed by atoms with Gasteiger partial charge in [0.2, 0.25) is 0 Å². The quantitative estimate of drug-likeness (QED) is 0.753. The smallest absolute Gasteiger partial charge is 0.259 e. The third kappa shape index (κ3) is 4.65. The van der Waals surface area contributed by atoms with Gasteiger partial charge >= 0.3 is 0 Å². The SMILES string of the molecule is COc1cccc(C(=O)Nc2ccccc2CN(C)C2CCCCC2)c1OC. The number of rotatable bonds is 7. The minimum atomic E-state index is -0.205. The molecule has 0 bridgehead atoms. The minimum Gasteiger partial charge on any atom is -0.493 e. The molecule has 150 valence electrons. The summed E-state index contributed by atoms with van der Waals surface area (Å²) >= 11 is 0. The molecule has 0 unspecified atom stereocenters. The highest BCUT2D eigenvalue weighted by atomic mass is 16.5. The van der Waals surface area contributed by atoms with Crippen LogP contribution in [0.3, 0.4) is 0 Å². The van der Waals surface area contributed by atoms with Crippen molar-refractivity contribution in [3.05, 3.63) is 53.6 Å². The summed E-state index contributed by atoms with van der Waals surface area (Å²) in [7, 11) is 5.29. The summed E-state index contributed by atoms with van der Waals surface area (Å²) in [6.45, 7) is 0.816. The highest BCUT2D eigenvalue weighted by Gasteiger charge is 2.20. The van der Waals surface area contributed by atoms with E-state index in [1.165, 1.54) is 32.1 Å². The second-order valence-corrected chi connectivity index (χ2v) is 7.36. The van der Waals surface area contributed by atoms with Gasteiger partial charge in [0.05, 0.1) is 19.8 Å². The van der Waals surface area contributed by atoms with Crippen LogP contribution in [0.25, 0.3) is 0 Å². The average molecular weight is 383 g/mol. The Morgan fingerprint density at radius 1 is 1.04 bits per heavy atom. The van der Waals surface area contributed by atoms with Gasteiger partial charge in [-0.15, -0.1) is 0 Å². The third-order valence-corrected chi connectivity index (χ3v) is 5.53. The lowest BCUT2D eigenvalue weighted by molar-refractivity contribution is 0.102. The van der Waals surface area contributed by atoms with Crippen molar-refractivity contribution in [3.63, 3.8) is 0 Å². The van der Waals surface area contributed by atoms with Gasteiger partial charge in [0.25, 0.3) is 5.91 Å². The van der Waals surface area contributed by atoms with Gasteiger partial charge in [-0.3, -0.25) is 9.69 Å². The van der Waals surface area contributed by atoms with Gasteiger partial charge < -0.3 is 14.8 Å². The van der Waals surface area contributed by atoms with Crippen LogP contribution in [0.1, 0.15) is 48.0 Å². The predicted octanol–water partition coefficient (Wildman–Crippen LogP) is 4.72. The van der Waals surface area contributed by atoms with E-state index in [0.717, 1.165) is 17.8 Å². The van der Waals surface area contributed by atoms with Crippen LogP contribution in [0.15, 0.2) is 42.5 Å². The first-order valence-corrected chi connectivity index (χ1v) is 9.94. The number of nitrogens with one attached hydrogen (secondary N) is 1. The second kappa shape index (κ2) is 9.60. The molecule has 5 nitrogen and oxygen atoms in total. The average Bonchev–Trinajstić information content (AvgIpc) is 2.74. The van der Waals surface area contributed by atoms with Crippen LogP contribution < -0.4 is 14.8 Å². The van der Waals surface area contributed by atoms with Crippen LogP contribution in [0, 0.1) is 0 Å². The molecule has 1 aliphatic carbocycles. The molecule has 1 N–H and O–H groups in total. The van der Waals surface area contributed by atoms with E-state index in [4.69, 9.17) is 9.47 Å². The lowest BCUT2D eigenvalue weighted by Gasteiger charge is -2.31. The molecule has 0 saturated heterocycles. The van der Waals surface area contributed by atoms with E-state index in [9.17, 15) is 4.79 Å². The molecule has 2 aromatic rings. The number of ether oxygens (including phenoxy) is 2. The zero-order valence-corrected chi connectivity index (χ0v) is 17.0. The lowest BCUT2D eigenvalue weighted by atomic mass is 9.94. The Kier molecular flexibility index (Phi) is 6.93. The Bertz CT molecular complexity index is 800. The number of amides is 1. The van der Waals surface area contributed by atoms with Crippen LogP contribution in [-0.4, -0.2) is 38.1 Å². The van der Waals surface area contributed by atoms with Crippen LogP contribution in [0.2, 0.25) is 0 Å². The molecule has 5 heteroatoms. The molecule has 0 aliphatic heterocycles. The Labute approximate surface area is 167 Å². The monoisotopic (exact) mass is 382 g/mol. The number of anilines is 1. The van der Waals surface area contributed by atoms with Crippen LogP contribution in [0.5, 0.6) is 11.5 Å². The molecule has 1 fully saturated rings. The Morgan fingerprint density at radius 3 is 2.50 bits per heavy atom. The van der Waals surface area contributed by atoms with Crippen molar-refractivity contribution in [2.75, 3.05) is 26.6 Å². The second-order valence-electron chi connectivity index (χ2n) is 7.36. The summed E-state index contributed by atoms with van der Waals surface area (Å²) in [5, 5.41) is 3.06. The number of carbonyl (C=O) groups excluding carboxylic acids is 1. The maximum absolute atomic E-state index is 12.9. The normalized spacial score (nSPS) is 14.7. The van der Waals surface area contributed by atoms with E-state index in [2.05, 4.69) is 23.3 Å². The van der Waals surface area contributed by atoms with Crippen molar-refractivity contribution in [1.82, 2.24) is 4.90 Å². The van der Waals surface area contributed by atoms with Gasteiger partial charge in [-0.2, -0.15) is 0 Å². The molecular formula is C23H30N2O3. The highest BCUT2D eigenvalue weighted by molar-refractivity contribution is 6.07. The first kappa shape index (κ1) is 20.2. The molecule has 0 radical (unpaired) electrons. The zero-order chi connectivity index (χ0) is 19.9. The Morgan fingerprint density at radius 2 is 1.79 bits per heavy atom. The third-order valence-electron chi connectivity index (χ3n) is 5.53. The maximum Gasteiger partial charge on any atom is 0.259 e. The number of hydrogen-bond donors (Lipinski definition) is 1. The zero-order valence-electron chi connectivity index (χ0n) is 17.0. The number of benzene rings is 2. The van der Waals surface area contributed by atoms with E-state index in [0.29, 0.717) is 23.1 Å². The maximum atomic E-state index is 12.9. The molecule has 0 heterocycles. The standard InChI is InChI=1S/C23H30N2O3/c1-25(18-11-5-4-6-12-18)16-17-10-7-8-14-20(17)24-23(26)19-13-9-15-21(27-2)22(19)28-3/h7-10,13-15,18H,4-6,11-12,16H2,1-3H3,(H,24,26). The molecular weight excluding hydrogens is 352 g/mol. The van der Waals surface area contributed by atoms with Crippen LogP contribution in [0.4, 0.5) is 5.69 Å². The van der Waals surface area contributed by atoms with E-state index in [1.807, 2.05) is 18.2 Å². The van der Waals surface area contributed by atoms with Gasteiger partial charge in [0.15, 0.2) is 11.5 Å². The van der Waals surface area contributed by atoms with E-state index in [-0.39, 0.29) is 5.91 Å². The molecule has 1 saturated carbocycles. The molecule has 0 spiro atoms. The first-order valence-electron chi connectivity index (χ1n) is 9.94. The van der Waals surface area contributed by atoms with E-state index >= 15 is 0 Å². The fraction of sp³-hybridized carbons (Fsp3) is 0.435. The van der Waals surface area contributed by atoms with Crippen molar-refractivity contribution in [1.29, 1.82) is 0 Å². The van der Waals surface area contributed by atoms with Gasteiger partial charge in [-0.25, -0.2) is 0 Å². The summed E-state index contributed by atoms with van der Waals surface area (Å²) in [5.74, 6) is 0.781. The summed E-state index contributed by atoms with van der Waals surface area (Å²) in [5.41, 5.74) is 2.41. The van der Waals surface area contributed by atoms with E-state index in [1.54, 1.807) is 32.4 Å². The van der Waals surface area contributed by atoms with Gasteiger partial charge in [0.1, 0.15) is 0 Å². The first-order chi connectivity index (χ1) is 13.6. The van der Waals surface area contributed by atoms with Crippen LogP contribution >= 0.6 is 0 Å². The van der Waals surface area contributed by atoms with Crippen LogP contribution in [-0.2, 0) is 6.54 Å². The summed E-state index contributed by atoms with van der Waals surface area (Å²) in [4.78, 5) is 15.4. The molecule has 2 aromatic carbocycles. The fourth-order valence-electron chi connectivity index (χ4n) is 3.96. The molecule has 3 rings (SSSR count). The molecule has 0 atom stereocenters. The van der Waals surface area contributed by atoms with Crippen molar-refractivity contribution >= 4 is 11.6 Å². The fourth-order valence-corrected chi connectivity index (χ4v) is 3.96. The largest absolute Gasteiger partial charge is 0.493 e. The van der Waals surface area contributed by atoms with Gasteiger partial charge in [-0.05, 0) is 43.7 Å².